The molecular weight excluding hydrogens is 362 g/mol. The molecule has 6 heteroatoms. The summed E-state index contributed by atoms with van der Waals surface area (Å²) in [7, 11) is 1.78. The van der Waals surface area contributed by atoms with Gasteiger partial charge in [-0.05, 0) is 49.7 Å². The van der Waals surface area contributed by atoms with E-state index in [-0.39, 0.29) is 5.56 Å². The van der Waals surface area contributed by atoms with Gasteiger partial charge in [-0.25, -0.2) is 4.52 Å². The van der Waals surface area contributed by atoms with Crippen molar-refractivity contribution >= 4 is 16.6 Å². The molecule has 0 aliphatic heterocycles. The molecule has 4 heterocycles. The molecule has 0 aliphatic rings. The van der Waals surface area contributed by atoms with E-state index in [1.807, 2.05) is 66.9 Å². The van der Waals surface area contributed by atoms with Crippen LogP contribution in [0.4, 0.5) is 0 Å². The zero-order valence-corrected chi connectivity index (χ0v) is 16.4. The predicted octanol–water partition coefficient (Wildman–Crippen LogP) is 3.93. The normalized spacial score (nSPS) is 11.4. The van der Waals surface area contributed by atoms with E-state index < -0.39 is 0 Å². The average molecular weight is 381 g/mol. The Morgan fingerprint density at radius 3 is 2.55 bits per heavy atom. The first-order valence-electron chi connectivity index (χ1n) is 9.40. The SMILES string of the molecule is Cc1cc(-c2cc3n(C)c(=O)c4ccc(-c5cccnc5C)cc4n3n2)ccn1. The summed E-state index contributed by atoms with van der Waals surface area (Å²) in [5.41, 5.74) is 7.18. The largest absolute Gasteiger partial charge is 0.296 e. The second-order valence-electron chi connectivity index (χ2n) is 7.22. The molecule has 0 bridgehead atoms. The van der Waals surface area contributed by atoms with E-state index in [2.05, 4.69) is 9.97 Å². The van der Waals surface area contributed by atoms with Gasteiger partial charge >= 0.3 is 0 Å². The molecule has 142 valence electrons. The van der Waals surface area contributed by atoms with Crippen molar-refractivity contribution in [1.82, 2.24) is 24.1 Å². The highest BCUT2D eigenvalue weighted by molar-refractivity contribution is 5.86. The summed E-state index contributed by atoms with van der Waals surface area (Å²) in [5, 5.41) is 5.46. The van der Waals surface area contributed by atoms with Crippen molar-refractivity contribution in [1.29, 1.82) is 0 Å². The second kappa shape index (κ2) is 6.38. The van der Waals surface area contributed by atoms with Gasteiger partial charge in [0.15, 0.2) is 0 Å². The van der Waals surface area contributed by atoms with Gasteiger partial charge in [-0.2, -0.15) is 5.10 Å². The zero-order valence-electron chi connectivity index (χ0n) is 16.4. The summed E-state index contributed by atoms with van der Waals surface area (Å²) < 4.78 is 3.49. The lowest BCUT2D eigenvalue weighted by atomic mass is 10.0. The Kier molecular flexibility index (Phi) is 3.81. The number of fused-ring (bicyclic) bond motifs is 3. The van der Waals surface area contributed by atoms with Gasteiger partial charge in [-0.15, -0.1) is 0 Å². The number of pyridine rings is 2. The quantitative estimate of drug-likeness (QED) is 0.465. The van der Waals surface area contributed by atoms with Gasteiger partial charge in [-0.1, -0.05) is 12.1 Å². The number of aryl methyl sites for hydroxylation is 3. The molecule has 0 saturated heterocycles. The van der Waals surface area contributed by atoms with Crippen molar-refractivity contribution in [2.75, 3.05) is 0 Å². The van der Waals surface area contributed by atoms with E-state index in [4.69, 9.17) is 5.10 Å². The molecule has 0 aliphatic carbocycles. The van der Waals surface area contributed by atoms with E-state index in [1.165, 1.54) is 0 Å². The lowest BCUT2D eigenvalue weighted by Crippen LogP contribution is -2.19. The van der Waals surface area contributed by atoms with Gasteiger partial charge in [0.1, 0.15) is 5.65 Å². The summed E-state index contributed by atoms with van der Waals surface area (Å²) in [6.07, 6.45) is 3.55. The van der Waals surface area contributed by atoms with Gasteiger partial charge < -0.3 is 0 Å². The molecule has 0 radical (unpaired) electrons. The fraction of sp³-hybridized carbons (Fsp3) is 0.130. The third-order valence-electron chi connectivity index (χ3n) is 5.31. The van der Waals surface area contributed by atoms with Gasteiger partial charge in [0.2, 0.25) is 0 Å². The maximum atomic E-state index is 13.0. The molecule has 0 spiro atoms. The van der Waals surface area contributed by atoms with E-state index >= 15 is 0 Å². The van der Waals surface area contributed by atoms with Crippen LogP contribution in [-0.4, -0.2) is 24.1 Å². The van der Waals surface area contributed by atoms with Crippen molar-refractivity contribution in [2.24, 2.45) is 7.05 Å². The van der Waals surface area contributed by atoms with Crippen molar-refractivity contribution in [2.45, 2.75) is 13.8 Å². The minimum atomic E-state index is -0.0423. The van der Waals surface area contributed by atoms with Gasteiger partial charge in [-0.3, -0.25) is 19.3 Å². The molecular formula is C23H19N5O. The predicted molar refractivity (Wildman–Crippen MR) is 114 cm³/mol. The van der Waals surface area contributed by atoms with Crippen LogP contribution in [0.2, 0.25) is 0 Å². The van der Waals surface area contributed by atoms with Crippen LogP contribution in [0.15, 0.2) is 65.7 Å². The van der Waals surface area contributed by atoms with Crippen LogP contribution in [0, 0.1) is 13.8 Å². The highest BCUT2D eigenvalue weighted by Gasteiger charge is 2.14. The summed E-state index contributed by atoms with van der Waals surface area (Å²) in [4.78, 5) is 21.6. The smallest absolute Gasteiger partial charge is 0.261 e. The maximum absolute atomic E-state index is 13.0. The molecule has 1 aromatic carbocycles. The molecule has 4 aromatic heterocycles. The summed E-state index contributed by atoms with van der Waals surface area (Å²) in [5.74, 6) is 0. The van der Waals surface area contributed by atoms with Crippen LogP contribution < -0.4 is 5.56 Å². The third kappa shape index (κ3) is 2.72. The monoisotopic (exact) mass is 381 g/mol. The number of hydrogen-bond acceptors (Lipinski definition) is 4. The standard InChI is InChI=1S/C23H19N5O/c1-14-11-17(8-10-24-14)20-13-22-27(3)23(29)19-7-6-16(12-21(19)28(22)26-20)18-5-4-9-25-15(18)2/h4-13H,1-3H3. The highest BCUT2D eigenvalue weighted by atomic mass is 16.1. The molecule has 0 fully saturated rings. The van der Waals surface area contributed by atoms with Crippen LogP contribution in [0.5, 0.6) is 0 Å². The van der Waals surface area contributed by atoms with Crippen LogP contribution in [0.25, 0.3) is 38.9 Å². The van der Waals surface area contributed by atoms with Crippen molar-refractivity contribution in [3.8, 4) is 22.4 Å². The lowest BCUT2D eigenvalue weighted by Gasteiger charge is -2.09. The van der Waals surface area contributed by atoms with Crippen molar-refractivity contribution < 1.29 is 0 Å². The summed E-state index contributed by atoms with van der Waals surface area (Å²) in [6, 6.07) is 15.7. The summed E-state index contributed by atoms with van der Waals surface area (Å²) >= 11 is 0. The third-order valence-corrected chi connectivity index (χ3v) is 5.31. The minimum Gasteiger partial charge on any atom is -0.296 e. The number of benzene rings is 1. The first-order valence-corrected chi connectivity index (χ1v) is 9.40. The number of hydrogen-bond donors (Lipinski definition) is 0. The number of aromatic nitrogens is 5. The fourth-order valence-electron chi connectivity index (χ4n) is 3.76. The van der Waals surface area contributed by atoms with E-state index in [0.717, 1.165) is 44.9 Å². The van der Waals surface area contributed by atoms with Crippen molar-refractivity contribution in [3.05, 3.63) is 82.7 Å². The summed E-state index contributed by atoms with van der Waals surface area (Å²) in [6.45, 7) is 3.93. The molecule has 0 unspecified atom stereocenters. The van der Waals surface area contributed by atoms with Gasteiger partial charge in [0.05, 0.1) is 16.6 Å². The van der Waals surface area contributed by atoms with Crippen LogP contribution >= 0.6 is 0 Å². The van der Waals surface area contributed by atoms with Crippen LogP contribution in [0.3, 0.4) is 0 Å². The molecule has 6 nitrogen and oxygen atoms in total. The van der Waals surface area contributed by atoms with Crippen LogP contribution in [0.1, 0.15) is 11.4 Å². The first kappa shape index (κ1) is 17.3. The maximum Gasteiger partial charge on any atom is 0.261 e. The Morgan fingerprint density at radius 2 is 1.76 bits per heavy atom. The lowest BCUT2D eigenvalue weighted by molar-refractivity contribution is 0.850. The highest BCUT2D eigenvalue weighted by Crippen LogP contribution is 2.27. The first-order chi connectivity index (χ1) is 14.0. The molecule has 0 saturated carbocycles. The Bertz CT molecular complexity index is 1460. The number of rotatable bonds is 2. The van der Waals surface area contributed by atoms with E-state index in [0.29, 0.717) is 5.39 Å². The molecule has 0 atom stereocenters. The Balaban J connectivity index is 1.83. The molecule has 0 amide bonds. The van der Waals surface area contributed by atoms with Gasteiger partial charge in [0, 0.05) is 48.0 Å². The molecule has 29 heavy (non-hydrogen) atoms. The van der Waals surface area contributed by atoms with Crippen LogP contribution in [-0.2, 0) is 7.05 Å². The fourth-order valence-corrected chi connectivity index (χ4v) is 3.76. The van der Waals surface area contributed by atoms with E-state index in [9.17, 15) is 4.79 Å². The number of nitrogens with zero attached hydrogens (tertiary/aromatic N) is 5. The van der Waals surface area contributed by atoms with Crippen molar-refractivity contribution in [3.63, 3.8) is 0 Å². The Morgan fingerprint density at radius 1 is 0.897 bits per heavy atom. The molecule has 5 aromatic rings. The minimum absolute atomic E-state index is 0.0423. The van der Waals surface area contributed by atoms with E-state index in [1.54, 1.807) is 24.0 Å². The zero-order chi connectivity index (χ0) is 20.1. The molecule has 5 rings (SSSR count). The topological polar surface area (TPSA) is 65.1 Å². The Hall–Kier alpha value is -3.80. The second-order valence-corrected chi connectivity index (χ2v) is 7.22. The molecule has 0 N–H and O–H groups in total. The Labute approximate surface area is 167 Å². The van der Waals surface area contributed by atoms with Gasteiger partial charge in [0.25, 0.3) is 5.56 Å². The average Bonchev–Trinajstić information content (AvgIpc) is 3.18.